The summed E-state index contributed by atoms with van der Waals surface area (Å²) in [4.78, 5) is 12.4. The number of rotatable bonds is 5. The number of ether oxygens (including phenoxy) is 1. The first-order valence-electron chi connectivity index (χ1n) is 9.14. The zero-order valence-electron chi connectivity index (χ0n) is 16.1. The van der Waals surface area contributed by atoms with Crippen LogP contribution in [0.5, 0.6) is 0 Å². The number of carbonyl (C=O) groups is 1. The Morgan fingerprint density at radius 2 is 1.90 bits per heavy atom. The second kappa shape index (κ2) is 8.79. The molecule has 1 aliphatic rings. The van der Waals surface area contributed by atoms with Crippen LogP contribution in [0.4, 0.5) is 4.39 Å². The summed E-state index contributed by atoms with van der Waals surface area (Å²) in [5.41, 5.74) is 0.746. The molecule has 3 rings (SSSR count). The third-order valence-electron chi connectivity index (χ3n) is 4.54. The molecule has 1 fully saturated rings. The van der Waals surface area contributed by atoms with Crippen LogP contribution in [0.1, 0.15) is 29.8 Å². The Morgan fingerprint density at radius 3 is 2.55 bits per heavy atom. The lowest BCUT2D eigenvalue weighted by Crippen LogP contribution is -2.48. The molecule has 2 aromatic rings. The van der Waals surface area contributed by atoms with Gasteiger partial charge in [0.2, 0.25) is 10.0 Å². The van der Waals surface area contributed by atoms with E-state index in [1.54, 1.807) is 26.0 Å². The zero-order chi connectivity index (χ0) is 21.2. The number of carbonyl (C=O) groups excluding carboxylic acids is 1. The molecule has 0 spiro atoms. The largest absolute Gasteiger partial charge is 0.373 e. The molecule has 1 aliphatic heterocycles. The van der Waals surface area contributed by atoms with Crippen LogP contribution < -0.4 is 5.32 Å². The lowest BCUT2D eigenvalue weighted by atomic mass is 10.2. The highest BCUT2D eigenvalue weighted by molar-refractivity contribution is 7.89. The molecule has 9 heteroatoms. The van der Waals surface area contributed by atoms with Gasteiger partial charge in [0, 0.05) is 25.2 Å². The van der Waals surface area contributed by atoms with Crippen LogP contribution in [-0.2, 0) is 21.3 Å². The van der Waals surface area contributed by atoms with Crippen molar-refractivity contribution in [2.24, 2.45) is 0 Å². The van der Waals surface area contributed by atoms with Crippen LogP contribution >= 0.6 is 11.6 Å². The summed E-state index contributed by atoms with van der Waals surface area (Å²) < 4.78 is 46.4. The smallest absolute Gasteiger partial charge is 0.251 e. The molecule has 2 unspecified atom stereocenters. The number of hydrogen-bond donors (Lipinski definition) is 1. The Balaban J connectivity index is 1.81. The second-order valence-corrected chi connectivity index (χ2v) is 9.35. The van der Waals surface area contributed by atoms with Crippen molar-refractivity contribution in [2.45, 2.75) is 37.5 Å². The molecule has 0 bridgehead atoms. The summed E-state index contributed by atoms with van der Waals surface area (Å²) in [5, 5.41) is 2.70. The number of nitrogens with one attached hydrogen (secondary N) is 1. The minimum Gasteiger partial charge on any atom is -0.373 e. The van der Waals surface area contributed by atoms with E-state index in [4.69, 9.17) is 16.3 Å². The topological polar surface area (TPSA) is 75.7 Å². The number of amides is 1. The van der Waals surface area contributed by atoms with Gasteiger partial charge < -0.3 is 10.1 Å². The third kappa shape index (κ3) is 5.14. The Bertz CT molecular complexity index is 1010. The number of sulfonamides is 1. The SMILES string of the molecule is CC1CN(S(=O)(=O)c2cc(C(=O)NCc3cccc(F)c3)ccc2Cl)CC(C)O1. The van der Waals surface area contributed by atoms with Gasteiger partial charge in [0.15, 0.2) is 0 Å². The van der Waals surface area contributed by atoms with Crippen LogP contribution in [0.25, 0.3) is 0 Å². The van der Waals surface area contributed by atoms with Crippen LogP contribution in [-0.4, -0.2) is 43.9 Å². The van der Waals surface area contributed by atoms with E-state index in [1.165, 1.54) is 34.6 Å². The maximum atomic E-state index is 13.3. The van der Waals surface area contributed by atoms with Crippen molar-refractivity contribution < 1.29 is 22.3 Å². The lowest BCUT2D eigenvalue weighted by molar-refractivity contribution is -0.0440. The van der Waals surface area contributed by atoms with Crippen LogP contribution in [0.15, 0.2) is 47.4 Å². The number of hydrogen-bond acceptors (Lipinski definition) is 4. The van der Waals surface area contributed by atoms with E-state index in [-0.39, 0.29) is 47.3 Å². The van der Waals surface area contributed by atoms with Gasteiger partial charge in [-0.15, -0.1) is 0 Å². The van der Waals surface area contributed by atoms with E-state index in [0.717, 1.165) is 0 Å². The summed E-state index contributed by atoms with van der Waals surface area (Å²) >= 11 is 6.16. The lowest BCUT2D eigenvalue weighted by Gasteiger charge is -2.34. The molecule has 2 aromatic carbocycles. The van der Waals surface area contributed by atoms with E-state index >= 15 is 0 Å². The Labute approximate surface area is 174 Å². The maximum absolute atomic E-state index is 13.3. The summed E-state index contributed by atoms with van der Waals surface area (Å²) in [6, 6.07) is 9.97. The van der Waals surface area contributed by atoms with Crippen molar-refractivity contribution in [3.63, 3.8) is 0 Å². The number of nitrogens with zero attached hydrogens (tertiary/aromatic N) is 1. The highest BCUT2D eigenvalue weighted by Gasteiger charge is 2.33. The summed E-state index contributed by atoms with van der Waals surface area (Å²) in [5.74, 6) is -0.878. The molecule has 0 saturated carbocycles. The quantitative estimate of drug-likeness (QED) is 0.774. The van der Waals surface area contributed by atoms with Gasteiger partial charge >= 0.3 is 0 Å². The van der Waals surface area contributed by atoms with Crippen LogP contribution in [0.2, 0.25) is 5.02 Å². The summed E-state index contributed by atoms with van der Waals surface area (Å²) in [6.07, 6.45) is -0.491. The first-order chi connectivity index (χ1) is 13.7. The van der Waals surface area contributed by atoms with E-state index in [0.29, 0.717) is 5.56 Å². The Morgan fingerprint density at radius 1 is 1.21 bits per heavy atom. The van der Waals surface area contributed by atoms with Crippen molar-refractivity contribution in [1.82, 2.24) is 9.62 Å². The first-order valence-corrected chi connectivity index (χ1v) is 11.0. The molecule has 6 nitrogen and oxygen atoms in total. The van der Waals surface area contributed by atoms with Gasteiger partial charge in [0.1, 0.15) is 10.7 Å². The van der Waals surface area contributed by atoms with Crippen molar-refractivity contribution in [1.29, 1.82) is 0 Å². The molecule has 156 valence electrons. The molecule has 1 saturated heterocycles. The maximum Gasteiger partial charge on any atom is 0.251 e. The highest BCUT2D eigenvalue weighted by Crippen LogP contribution is 2.28. The summed E-state index contributed by atoms with van der Waals surface area (Å²) in [7, 11) is -3.90. The van der Waals surface area contributed by atoms with Gasteiger partial charge in [0.05, 0.1) is 17.2 Å². The van der Waals surface area contributed by atoms with Gasteiger partial charge in [0.25, 0.3) is 5.91 Å². The first kappa shape index (κ1) is 21.7. The molecule has 0 aromatic heterocycles. The van der Waals surface area contributed by atoms with Crippen molar-refractivity contribution in [3.05, 3.63) is 64.4 Å². The highest BCUT2D eigenvalue weighted by atomic mass is 35.5. The molecule has 2 atom stereocenters. The van der Waals surface area contributed by atoms with E-state index in [2.05, 4.69) is 5.32 Å². The molecular formula is C20H22ClFN2O4S. The molecule has 0 radical (unpaired) electrons. The van der Waals surface area contributed by atoms with Gasteiger partial charge in [-0.25, -0.2) is 12.8 Å². The van der Waals surface area contributed by atoms with E-state index < -0.39 is 21.7 Å². The predicted octanol–water partition coefficient (Wildman–Crippen LogP) is 3.21. The third-order valence-corrected chi connectivity index (χ3v) is 6.85. The zero-order valence-corrected chi connectivity index (χ0v) is 17.6. The van der Waals surface area contributed by atoms with Crippen LogP contribution in [0, 0.1) is 5.82 Å². The number of halogens is 2. The summed E-state index contributed by atoms with van der Waals surface area (Å²) in [6.45, 7) is 4.13. The number of morpholine rings is 1. The molecular weight excluding hydrogens is 419 g/mol. The van der Waals surface area contributed by atoms with E-state index in [1.807, 2.05) is 0 Å². The van der Waals surface area contributed by atoms with Crippen molar-refractivity contribution in [2.75, 3.05) is 13.1 Å². The fourth-order valence-corrected chi connectivity index (χ4v) is 5.33. The molecule has 1 heterocycles. The number of benzene rings is 2. The fraction of sp³-hybridized carbons (Fsp3) is 0.350. The Hall–Kier alpha value is -2.00. The molecule has 1 N–H and O–H groups in total. The molecule has 1 amide bonds. The Kier molecular flexibility index (Phi) is 6.58. The molecule has 0 aliphatic carbocycles. The van der Waals surface area contributed by atoms with Crippen LogP contribution in [0.3, 0.4) is 0 Å². The molecule has 29 heavy (non-hydrogen) atoms. The predicted molar refractivity (Wildman–Crippen MR) is 108 cm³/mol. The minimum atomic E-state index is -3.90. The fourth-order valence-electron chi connectivity index (χ4n) is 3.24. The average molecular weight is 441 g/mol. The average Bonchev–Trinajstić information content (AvgIpc) is 2.65. The van der Waals surface area contributed by atoms with Gasteiger partial charge in [-0.05, 0) is 49.7 Å². The minimum absolute atomic E-state index is 0.0403. The normalized spacial score (nSPS) is 20.4. The van der Waals surface area contributed by atoms with Crippen molar-refractivity contribution >= 4 is 27.5 Å². The standard InChI is InChI=1S/C20H22ClFN2O4S/c1-13-11-24(12-14(2)28-13)29(26,27)19-9-16(6-7-18(19)21)20(25)23-10-15-4-3-5-17(22)8-15/h3-9,13-14H,10-12H2,1-2H3,(H,23,25). The monoisotopic (exact) mass is 440 g/mol. The van der Waals surface area contributed by atoms with Gasteiger partial charge in [-0.2, -0.15) is 4.31 Å². The van der Waals surface area contributed by atoms with Gasteiger partial charge in [-0.1, -0.05) is 23.7 Å². The van der Waals surface area contributed by atoms with E-state index in [9.17, 15) is 17.6 Å². The van der Waals surface area contributed by atoms with Crippen molar-refractivity contribution in [3.8, 4) is 0 Å². The van der Waals surface area contributed by atoms with Gasteiger partial charge in [-0.3, -0.25) is 4.79 Å². The second-order valence-electron chi connectivity index (χ2n) is 7.04.